The Hall–Kier alpha value is -2.45. The van der Waals surface area contributed by atoms with Gasteiger partial charge in [0.1, 0.15) is 22.9 Å². The Labute approximate surface area is 126 Å². The summed E-state index contributed by atoms with van der Waals surface area (Å²) in [5.41, 5.74) is -1.12. The number of hydrogen-bond donors (Lipinski definition) is 0. The van der Waals surface area contributed by atoms with Crippen molar-refractivity contribution in [3.05, 3.63) is 42.1 Å². The van der Waals surface area contributed by atoms with Gasteiger partial charge < -0.3 is 9.47 Å². The van der Waals surface area contributed by atoms with Crippen molar-refractivity contribution in [2.75, 3.05) is 7.11 Å². The Balaban J connectivity index is 2.40. The molecule has 0 saturated heterocycles. The summed E-state index contributed by atoms with van der Waals surface area (Å²) in [6.07, 6.45) is -9.51. The van der Waals surface area contributed by atoms with Crippen LogP contribution in [0.4, 0.5) is 26.3 Å². The summed E-state index contributed by atoms with van der Waals surface area (Å²) >= 11 is 0. The molecular weight excluding hydrogens is 328 g/mol. The normalized spacial score (nSPS) is 12.1. The van der Waals surface area contributed by atoms with Crippen LogP contribution in [0.3, 0.4) is 0 Å². The van der Waals surface area contributed by atoms with E-state index in [2.05, 4.69) is 9.72 Å². The standard InChI is InChI=1S/C14H9F6NO2/c1-22-10-6-7-11(13(15,16)17)21-12(10)8-2-4-9(5-3-8)23-14(18,19)20/h2-7H,1H3. The lowest BCUT2D eigenvalue weighted by atomic mass is 10.1. The van der Waals surface area contributed by atoms with Gasteiger partial charge in [-0.2, -0.15) is 13.2 Å². The third kappa shape index (κ3) is 4.27. The smallest absolute Gasteiger partial charge is 0.494 e. The van der Waals surface area contributed by atoms with E-state index in [-0.39, 0.29) is 17.0 Å². The molecule has 0 unspecified atom stereocenters. The third-order valence-corrected chi connectivity index (χ3v) is 2.73. The second-order valence-corrected chi connectivity index (χ2v) is 4.32. The minimum atomic E-state index is -4.85. The highest BCUT2D eigenvalue weighted by Crippen LogP contribution is 2.35. The fourth-order valence-electron chi connectivity index (χ4n) is 1.79. The maximum absolute atomic E-state index is 12.7. The van der Waals surface area contributed by atoms with Crippen molar-refractivity contribution >= 4 is 0 Å². The number of hydrogen-bond acceptors (Lipinski definition) is 3. The molecule has 124 valence electrons. The molecule has 0 aliphatic carbocycles. The van der Waals surface area contributed by atoms with Crippen LogP contribution in [-0.2, 0) is 6.18 Å². The van der Waals surface area contributed by atoms with Gasteiger partial charge in [0.2, 0.25) is 0 Å². The van der Waals surface area contributed by atoms with Crippen LogP contribution in [-0.4, -0.2) is 18.5 Å². The van der Waals surface area contributed by atoms with Gasteiger partial charge in [-0.15, -0.1) is 13.2 Å². The van der Waals surface area contributed by atoms with Crippen LogP contribution in [0.1, 0.15) is 5.69 Å². The average Bonchev–Trinajstić information content (AvgIpc) is 2.45. The number of aromatic nitrogens is 1. The van der Waals surface area contributed by atoms with E-state index in [9.17, 15) is 26.3 Å². The number of methoxy groups -OCH3 is 1. The van der Waals surface area contributed by atoms with Gasteiger partial charge in [0, 0.05) is 5.56 Å². The van der Waals surface area contributed by atoms with Crippen molar-refractivity contribution < 1.29 is 35.8 Å². The number of alkyl halides is 6. The molecule has 0 aliphatic rings. The summed E-state index contributed by atoms with van der Waals surface area (Å²) in [6.45, 7) is 0. The van der Waals surface area contributed by atoms with Gasteiger partial charge in [0.15, 0.2) is 0 Å². The van der Waals surface area contributed by atoms with Crippen molar-refractivity contribution in [3.63, 3.8) is 0 Å². The molecule has 23 heavy (non-hydrogen) atoms. The number of halogens is 6. The first kappa shape index (κ1) is 16.9. The Bertz CT molecular complexity index is 679. The summed E-state index contributed by atoms with van der Waals surface area (Å²) in [4.78, 5) is 3.48. The van der Waals surface area contributed by atoms with E-state index < -0.39 is 24.0 Å². The third-order valence-electron chi connectivity index (χ3n) is 2.73. The highest BCUT2D eigenvalue weighted by molar-refractivity contribution is 5.67. The molecule has 3 nitrogen and oxygen atoms in total. The SMILES string of the molecule is COc1ccc(C(F)(F)F)nc1-c1ccc(OC(F)(F)F)cc1. The molecule has 0 spiro atoms. The molecule has 0 fully saturated rings. The predicted octanol–water partition coefficient (Wildman–Crippen LogP) is 4.67. The molecule has 1 heterocycles. The number of nitrogens with zero attached hydrogens (tertiary/aromatic N) is 1. The van der Waals surface area contributed by atoms with Crippen LogP contribution in [0.2, 0.25) is 0 Å². The highest BCUT2D eigenvalue weighted by atomic mass is 19.4. The van der Waals surface area contributed by atoms with Crippen molar-refractivity contribution in [2.45, 2.75) is 12.5 Å². The molecule has 1 aromatic heterocycles. The number of rotatable bonds is 3. The first-order valence-corrected chi connectivity index (χ1v) is 6.08. The lowest BCUT2D eigenvalue weighted by Gasteiger charge is -2.13. The minimum Gasteiger partial charge on any atom is -0.494 e. The zero-order valence-corrected chi connectivity index (χ0v) is 11.5. The molecule has 0 bridgehead atoms. The van der Waals surface area contributed by atoms with Crippen LogP contribution in [0.25, 0.3) is 11.3 Å². The van der Waals surface area contributed by atoms with E-state index in [1.165, 1.54) is 7.11 Å². The van der Waals surface area contributed by atoms with Gasteiger partial charge in [0.25, 0.3) is 0 Å². The van der Waals surface area contributed by atoms with Gasteiger partial charge in [-0.3, -0.25) is 0 Å². The summed E-state index contributed by atoms with van der Waals surface area (Å²) in [5.74, 6) is -0.435. The average molecular weight is 337 g/mol. The number of pyridine rings is 1. The Morgan fingerprint density at radius 1 is 0.870 bits per heavy atom. The number of benzene rings is 1. The summed E-state index contributed by atoms with van der Waals surface area (Å²) < 4.78 is 83.1. The molecule has 0 radical (unpaired) electrons. The maximum Gasteiger partial charge on any atom is 0.573 e. The van der Waals surface area contributed by atoms with E-state index in [4.69, 9.17) is 4.74 Å². The van der Waals surface area contributed by atoms with Crippen LogP contribution < -0.4 is 9.47 Å². The molecule has 0 N–H and O–H groups in total. The van der Waals surface area contributed by atoms with Gasteiger partial charge >= 0.3 is 12.5 Å². The number of ether oxygens (including phenoxy) is 2. The summed E-state index contributed by atoms with van der Waals surface area (Å²) in [5, 5.41) is 0. The first-order valence-electron chi connectivity index (χ1n) is 6.08. The Morgan fingerprint density at radius 2 is 1.48 bits per heavy atom. The van der Waals surface area contributed by atoms with Crippen LogP contribution in [0.5, 0.6) is 11.5 Å². The second kappa shape index (κ2) is 5.98. The maximum atomic E-state index is 12.7. The van der Waals surface area contributed by atoms with Gasteiger partial charge in [-0.25, -0.2) is 4.98 Å². The molecular formula is C14H9F6NO2. The minimum absolute atomic E-state index is 0.0579. The zero-order valence-electron chi connectivity index (χ0n) is 11.5. The molecule has 0 amide bonds. The van der Waals surface area contributed by atoms with Gasteiger partial charge in [0.05, 0.1) is 7.11 Å². The molecule has 9 heteroatoms. The van der Waals surface area contributed by atoms with Crippen LogP contribution in [0, 0.1) is 0 Å². The summed E-state index contributed by atoms with van der Waals surface area (Å²) in [7, 11) is 1.24. The van der Waals surface area contributed by atoms with Crippen molar-refractivity contribution in [1.29, 1.82) is 0 Å². The monoisotopic (exact) mass is 337 g/mol. The fraction of sp³-hybridized carbons (Fsp3) is 0.214. The second-order valence-electron chi connectivity index (χ2n) is 4.32. The van der Waals surface area contributed by atoms with Crippen LogP contribution in [0.15, 0.2) is 36.4 Å². The lowest BCUT2D eigenvalue weighted by Crippen LogP contribution is -2.17. The van der Waals surface area contributed by atoms with E-state index in [1.807, 2.05) is 0 Å². The fourth-order valence-corrected chi connectivity index (χ4v) is 1.79. The molecule has 0 atom stereocenters. The van der Waals surface area contributed by atoms with E-state index >= 15 is 0 Å². The van der Waals surface area contributed by atoms with Crippen molar-refractivity contribution in [3.8, 4) is 22.8 Å². The largest absolute Gasteiger partial charge is 0.573 e. The van der Waals surface area contributed by atoms with Crippen LogP contribution >= 0.6 is 0 Å². The van der Waals surface area contributed by atoms with Gasteiger partial charge in [-0.05, 0) is 36.4 Å². The first-order chi connectivity index (χ1) is 10.6. The lowest BCUT2D eigenvalue weighted by molar-refractivity contribution is -0.274. The molecule has 2 aromatic rings. The molecule has 0 aliphatic heterocycles. The molecule has 0 saturated carbocycles. The van der Waals surface area contributed by atoms with E-state index in [0.717, 1.165) is 36.4 Å². The van der Waals surface area contributed by atoms with E-state index in [0.29, 0.717) is 0 Å². The molecule has 1 aromatic carbocycles. The van der Waals surface area contributed by atoms with Gasteiger partial charge in [-0.1, -0.05) is 0 Å². The Kier molecular flexibility index (Phi) is 4.39. The topological polar surface area (TPSA) is 31.4 Å². The summed E-state index contributed by atoms with van der Waals surface area (Å²) in [6, 6.07) is 6.11. The van der Waals surface area contributed by atoms with E-state index in [1.54, 1.807) is 0 Å². The molecule has 2 rings (SSSR count). The van der Waals surface area contributed by atoms with Crippen molar-refractivity contribution in [1.82, 2.24) is 4.98 Å². The quantitative estimate of drug-likeness (QED) is 0.763. The predicted molar refractivity (Wildman–Crippen MR) is 67.9 cm³/mol. The Morgan fingerprint density at radius 3 is 1.96 bits per heavy atom. The zero-order chi connectivity index (χ0) is 17.3. The van der Waals surface area contributed by atoms with Crippen molar-refractivity contribution in [2.24, 2.45) is 0 Å². The highest BCUT2D eigenvalue weighted by Gasteiger charge is 2.33.